The van der Waals surface area contributed by atoms with Crippen LogP contribution in [-0.4, -0.2) is 35.5 Å². The van der Waals surface area contributed by atoms with Crippen molar-refractivity contribution in [2.75, 3.05) is 18.6 Å². The first-order valence-electron chi connectivity index (χ1n) is 9.98. The normalized spacial score (nSPS) is 19.7. The summed E-state index contributed by atoms with van der Waals surface area (Å²) in [6.07, 6.45) is 3.91. The molecule has 2 aliphatic rings. The van der Waals surface area contributed by atoms with Crippen LogP contribution in [0.4, 0.5) is 14.5 Å². The number of Topliss-reactive ketones (excluding diaryl/α,β-unsaturated/α-hetero) is 1. The van der Waals surface area contributed by atoms with Gasteiger partial charge in [0.1, 0.15) is 28.1 Å². The number of aliphatic carboxylic acids is 1. The Kier molecular flexibility index (Phi) is 5.83. The average molecular weight is 451 g/mol. The zero-order valence-electron chi connectivity index (χ0n) is 16.8. The van der Waals surface area contributed by atoms with Gasteiger partial charge >= 0.3 is 5.97 Å². The van der Waals surface area contributed by atoms with E-state index in [2.05, 4.69) is 4.98 Å². The second-order valence-electron chi connectivity index (χ2n) is 8.05. The summed E-state index contributed by atoms with van der Waals surface area (Å²) in [5.74, 6) is -3.57. The highest BCUT2D eigenvalue weighted by molar-refractivity contribution is 6.30. The quantitative estimate of drug-likeness (QED) is 0.452. The minimum atomic E-state index is -0.996. The van der Waals surface area contributed by atoms with Gasteiger partial charge in [0, 0.05) is 30.6 Å². The number of pyridine rings is 1. The summed E-state index contributed by atoms with van der Waals surface area (Å²) in [6, 6.07) is 4.13. The molecule has 2 aliphatic carbocycles. The molecule has 2 fully saturated rings. The minimum absolute atomic E-state index is 0.0855. The van der Waals surface area contributed by atoms with Crippen molar-refractivity contribution >= 4 is 29.0 Å². The third kappa shape index (κ3) is 4.49. The Balaban J connectivity index is 1.61. The van der Waals surface area contributed by atoms with E-state index in [0.29, 0.717) is 24.6 Å². The first-order chi connectivity index (χ1) is 14.8. The van der Waals surface area contributed by atoms with E-state index >= 15 is 0 Å². The highest BCUT2D eigenvalue weighted by Gasteiger charge is 2.49. The Labute approximate surface area is 182 Å². The Morgan fingerprint density at radius 1 is 1.29 bits per heavy atom. The molecule has 9 heteroatoms. The maximum absolute atomic E-state index is 14.5. The number of methoxy groups -OCH3 is 1. The standard InChI is InChI=1S/C22H21ClF2N2O4/c1-31-17-6-13(8-26-20(17)21(28)14-7-15(14)22(29)30)27(9-11-2-3-11)10-12-4-5-16(24)18(23)19(12)25/h4-6,8,11,14-15H,2-3,7,9-10H2,1H3,(H,29,30). The van der Waals surface area contributed by atoms with Crippen LogP contribution in [-0.2, 0) is 11.3 Å². The fourth-order valence-corrected chi connectivity index (χ4v) is 3.83. The van der Waals surface area contributed by atoms with Crippen LogP contribution in [0, 0.1) is 29.4 Å². The highest BCUT2D eigenvalue weighted by Crippen LogP contribution is 2.42. The molecule has 1 aromatic heterocycles. The van der Waals surface area contributed by atoms with Crippen LogP contribution in [0.15, 0.2) is 24.4 Å². The van der Waals surface area contributed by atoms with E-state index in [1.54, 1.807) is 6.07 Å². The van der Waals surface area contributed by atoms with Crippen molar-refractivity contribution in [3.05, 3.63) is 52.3 Å². The van der Waals surface area contributed by atoms with Crippen molar-refractivity contribution < 1.29 is 28.2 Å². The molecule has 2 saturated carbocycles. The van der Waals surface area contributed by atoms with Gasteiger partial charge in [0.25, 0.3) is 0 Å². The van der Waals surface area contributed by atoms with Crippen LogP contribution in [0.1, 0.15) is 35.3 Å². The summed E-state index contributed by atoms with van der Waals surface area (Å²) in [5, 5.41) is 8.53. The topological polar surface area (TPSA) is 79.7 Å². The van der Waals surface area contributed by atoms with Gasteiger partial charge in [0.15, 0.2) is 5.78 Å². The lowest BCUT2D eigenvalue weighted by Crippen LogP contribution is -2.26. The molecule has 31 heavy (non-hydrogen) atoms. The monoisotopic (exact) mass is 450 g/mol. The van der Waals surface area contributed by atoms with E-state index in [0.717, 1.165) is 18.9 Å². The second-order valence-corrected chi connectivity index (χ2v) is 8.43. The Bertz CT molecular complexity index is 1040. The SMILES string of the molecule is COc1cc(N(Cc2ccc(F)c(Cl)c2F)CC2CC2)cnc1C(=O)C1CC1C(=O)O. The van der Waals surface area contributed by atoms with Gasteiger partial charge < -0.3 is 14.7 Å². The summed E-state index contributed by atoms with van der Waals surface area (Å²) in [6.45, 7) is 0.778. The van der Waals surface area contributed by atoms with Gasteiger partial charge in [-0.2, -0.15) is 0 Å². The smallest absolute Gasteiger partial charge is 0.307 e. The van der Waals surface area contributed by atoms with E-state index in [4.69, 9.17) is 21.4 Å². The number of ketones is 1. The summed E-state index contributed by atoms with van der Waals surface area (Å²) in [4.78, 5) is 29.9. The number of halogens is 3. The molecule has 2 atom stereocenters. The molecule has 1 aromatic carbocycles. The maximum Gasteiger partial charge on any atom is 0.307 e. The lowest BCUT2D eigenvalue weighted by Gasteiger charge is -2.26. The van der Waals surface area contributed by atoms with Crippen molar-refractivity contribution in [3.8, 4) is 5.75 Å². The number of ether oxygens (including phenoxy) is 1. The summed E-state index contributed by atoms with van der Waals surface area (Å²) >= 11 is 5.72. The number of aromatic nitrogens is 1. The molecule has 0 bridgehead atoms. The summed E-state index contributed by atoms with van der Waals surface area (Å²) in [5.41, 5.74) is 0.946. The number of carboxylic acids is 1. The maximum atomic E-state index is 14.5. The number of nitrogens with zero attached hydrogens (tertiary/aromatic N) is 2. The molecule has 2 unspecified atom stereocenters. The van der Waals surface area contributed by atoms with Gasteiger partial charge in [0.05, 0.1) is 24.9 Å². The molecule has 0 spiro atoms. The minimum Gasteiger partial charge on any atom is -0.494 e. The molecule has 164 valence electrons. The number of hydrogen-bond acceptors (Lipinski definition) is 5. The second kappa shape index (κ2) is 8.42. The molecule has 0 amide bonds. The predicted molar refractivity (Wildman–Crippen MR) is 109 cm³/mol. The highest BCUT2D eigenvalue weighted by atomic mass is 35.5. The molecule has 1 N–H and O–H groups in total. The zero-order valence-corrected chi connectivity index (χ0v) is 17.5. The van der Waals surface area contributed by atoms with Crippen molar-refractivity contribution in [2.45, 2.75) is 25.8 Å². The van der Waals surface area contributed by atoms with Gasteiger partial charge in [-0.25, -0.2) is 13.8 Å². The van der Waals surface area contributed by atoms with Crippen LogP contribution in [0.2, 0.25) is 5.02 Å². The van der Waals surface area contributed by atoms with E-state index < -0.39 is 34.5 Å². The third-order valence-electron chi connectivity index (χ3n) is 5.75. The van der Waals surface area contributed by atoms with Crippen LogP contribution >= 0.6 is 11.6 Å². The van der Waals surface area contributed by atoms with Crippen LogP contribution < -0.4 is 9.64 Å². The number of hydrogen-bond donors (Lipinski definition) is 1. The number of carbonyl (C=O) groups is 2. The summed E-state index contributed by atoms with van der Waals surface area (Å²) < 4.78 is 33.4. The van der Waals surface area contributed by atoms with Gasteiger partial charge in [-0.15, -0.1) is 0 Å². The molecule has 6 nitrogen and oxygen atoms in total. The predicted octanol–water partition coefficient (Wildman–Crippen LogP) is 4.34. The molecule has 0 saturated heterocycles. The molecule has 0 radical (unpaired) electrons. The Hall–Kier alpha value is -2.74. The average Bonchev–Trinajstić information content (AvgIpc) is 3.67. The summed E-state index contributed by atoms with van der Waals surface area (Å²) in [7, 11) is 1.41. The zero-order chi connectivity index (χ0) is 22.3. The lowest BCUT2D eigenvalue weighted by molar-refractivity contribution is -0.138. The van der Waals surface area contributed by atoms with Crippen molar-refractivity contribution in [3.63, 3.8) is 0 Å². The molecule has 2 aromatic rings. The van der Waals surface area contributed by atoms with E-state index in [1.165, 1.54) is 19.4 Å². The van der Waals surface area contributed by atoms with Gasteiger partial charge in [-0.1, -0.05) is 17.7 Å². The number of carboxylic acid groups (broad SMARTS) is 1. The van der Waals surface area contributed by atoms with Crippen LogP contribution in [0.25, 0.3) is 0 Å². The van der Waals surface area contributed by atoms with Gasteiger partial charge in [-0.05, 0) is 31.2 Å². The van der Waals surface area contributed by atoms with E-state index in [9.17, 15) is 18.4 Å². The van der Waals surface area contributed by atoms with Gasteiger partial charge in [-0.3, -0.25) is 9.59 Å². The third-order valence-corrected chi connectivity index (χ3v) is 6.10. The number of benzene rings is 1. The molecular formula is C22H21ClF2N2O4. The first kappa shape index (κ1) is 21.5. The Morgan fingerprint density at radius 3 is 2.65 bits per heavy atom. The number of carbonyl (C=O) groups excluding carboxylic acids is 1. The van der Waals surface area contributed by atoms with Crippen molar-refractivity contribution in [2.24, 2.45) is 17.8 Å². The number of rotatable bonds is 9. The van der Waals surface area contributed by atoms with E-state index in [-0.39, 0.29) is 29.3 Å². The molecular weight excluding hydrogens is 430 g/mol. The van der Waals surface area contributed by atoms with Gasteiger partial charge in [0.2, 0.25) is 0 Å². The fraction of sp³-hybridized carbons (Fsp3) is 0.409. The molecule has 4 rings (SSSR count). The lowest BCUT2D eigenvalue weighted by atomic mass is 10.1. The fourth-order valence-electron chi connectivity index (χ4n) is 3.65. The number of anilines is 1. The molecule has 0 aliphatic heterocycles. The van der Waals surface area contributed by atoms with Crippen LogP contribution in [0.5, 0.6) is 5.75 Å². The first-order valence-corrected chi connectivity index (χ1v) is 10.4. The van der Waals surface area contributed by atoms with Crippen molar-refractivity contribution in [1.29, 1.82) is 0 Å². The molecule has 1 heterocycles. The van der Waals surface area contributed by atoms with Crippen molar-refractivity contribution in [1.82, 2.24) is 4.98 Å². The Morgan fingerprint density at radius 2 is 2.03 bits per heavy atom. The van der Waals surface area contributed by atoms with Crippen LogP contribution in [0.3, 0.4) is 0 Å². The largest absolute Gasteiger partial charge is 0.494 e. The van der Waals surface area contributed by atoms with E-state index in [1.807, 2.05) is 4.90 Å².